The first kappa shape index (κ1) is 17.7. The molecule has 4 nitrogen and oxygen atoms in total. The third-order valence-electron chi connectivity index (χ3n) is 4.51. The van der Waals surface area contributed by atoms with E-state index in [2.05, 4.69) is 6.92 Å². The molecule has 1 amide bonds. The van der Waals surface area contributed by atoms with Crippen LogP contribution in [0.15, 0.2) is 0 Å². The summed E-state index contributed by atoms with van der Waals surface area (Å²) in [6, 6.07) is 0.192. The fraction of sp³-hybridized carbons (Fsp3) is 0.933. The standard InChI is InChI=1S/C15H28N2O2.ClH/c1-12(16)13-5-4-9-17(11-13)15(18)8-7-14-6-2-3-10-19-14;/h12-14H,2-11,16H2,1H3;1H. The van der Waals surface area contributed by atoms with Crippen LogP contribution >= 0.6 is 12.4 Å². The Labute approximate surface area is 128 Å². The lowest BCUT2D eigenvalue weighted by molar-refractivity contribution is -0.134. The van der Waals surface area contributed by atoms with Gasteiger partial charge in [0.15, 0.2) is 0 Å². The zero-order chi connectivity index (χ0) is 13.7. The van der Waals surface area contributed by atoms with E-state index in [1.165, 1.54) is 12.8 Å². The van der Waals surface area contributed by atoms with Crippen molar-refractivity contribution in [3.8, 4) is 0 Å². The zero-order valence-electron chi connectivity index (χ0n) is 12.6. The van der Waals surface area contributed by atoms with E-state index in [1.807, 2.05) is 4.90 Å². The van der Waals surface area contributed by atoms with Crippen LogP contribution in [0.2, 0.25) is 0 Å². The number of carbonyl (C=O) groups is 1. The van der Waals surface area contributed by atoms with Crippen LogP contribution in [0, 0.1) is 5.92 Å². The lowest BCUT2D eigenvalue weighted by Gasteiger charge is -2.35. The number of hydrogen-bond acceptors (Lipinski definition) is 3. The smallest absolute Gasteiger partial charge is 0.222 e. The predicted octanol–water partition coefficient (Wildman–Crippen LogP) is 2.34. The highest BCUT2D eigenvalue weighted by Gasteiger charge is 2.26. The molecule has 2 aliphatic rings. The minimum absolute atomic E-state index is 0. The summed E-state index contributed by atoms with van der Waals surface area (Å²) in [4.78, 5) is 14.3. The lowest BCUT2D eigenvalue weighted by Crippen LogP contribution is -2.45. The Hall–Kier alpha value is -0.320. The van der Waals surface area contributed by atoms with Gasteiger partial charge in [0.2, 0.25) is 5.91 Å². The quantitative estimate of drug-likeness (QED) is 0.867. The van der Waals surface area contributed by atoms with Crippen LogP contribution in [-0.4, -0.2) is 42.6 Å². The molecule has 5 heteroatoms. The fourth-order valence-corrected chi connectivity index (χ4v) is 3.14. The van der Waals surface area contributed by atoms with Crippen LogP contribution in [0.1, 0.15) is 51.9 Å². The second-order valence-electron chi connectivity index (χ2n) is 6.13. The van der Waals surface area contributed by atoms with Crippen molar-refractivity contribution in [2.75, 3.05) is 19.7 Å². The summed E-state index contributed by atoms with van der Waals surface area (Å²) in [7, 11) is 0. The van der Waals surface area contributed by atoms with E-state index in [-0.39, 0.29) is 18.4 Å². The Morgan fingerprint density at radius 2 is 2.15 bits per heavy atom. The third kappa shape index (κ3) is 5.23. The Balaban J connectivity index is 0.00000200. The van der Waals surface area contributed by atoms with Gasteiger partial charge in [-0.15, -0.1) is 12.4 Å². The van der Waals surface area contributed by atoms with E-state index in [1.54, 1.807) is 0 Å². The van der Waals surface area contributed by atoms with Gasteiger partial charge < -0.3 is 15.4 Å². The maximum absolute atomic E-state index is 12.2. The molecule has 0 aliphatic carbocycles. The average molecular weight is 305 g/mol. The summed E-state index contributed by atoms with van der Waals surface area (Å²) in [5, 5.41) is 0. The number of amides is 1. The SMILES string of the molecule is CC(N)C1CCCN(C(=O)CCC2CCCCO2)C1.Cl. The number of nitrogens with zero attached hydrogens (tertiary/aromatic N) is 1. The van der Waals surface area contributed by atoms with Gasteiger partial charge in [-0.3, -0.25) is 4.79 Å². The molecule has 2 saturated heterocycles. The molecule has 20 heavy (non-hydrogen) atoms. The predicted molar refractivity (Wildman–Crippen MR) is 83.0 cm³/mol. The van der Waals surface area contributed by atoms with Crippen LogP contribution in [0.3, 0.4) is 0 Å². The molecule has 2 aliphatic heterocycles. The van der Waals surface area contributed by atoms with Crippen molar-refractivity contribution < 1.29 is 9.53 Å². The summed E-state index contributed by atoms with van der Waals surface area (Å²) < 4.78 is 5.68. The number of hydrogen-bond donors (Lipinski definition) is 1. The Bertz CT molecular complexity index is 294. The zero-order valence-corrected chi connectivity index (χ0v) is 13.4. The minimum Gasteiger partial charge on any atom is -0.378 e. The van der Waals surface area contributed by atoms with Crippen molar-refractivity contribution in [2.24, 2.45) is 11.7 Å². The van der Waals surface area contributed by atoms with Gasteiger partial charge in [0, 0.05) is 32.2 Å². The highest BCUT2D eigenvalue weighted by molar-refractivity contribution is 5.85. The molecule has 0 aromatic carbocycles. The summed E-state index contributed by atoms with van der Waals surface area (Å²) in [5.74, 6) is 0.767. The van der Waals surface area contributed by atoms with E-state index in [0.717, 1.165) is 45.4 Å². The molecule has 2 fully saturated rings. The molecule has 0 bridgehead atoms. The Morgan fingerprint density at radius 1 is 1.35 bits per heavy atom. The summed E-state index contributed by atoms with van der Waals surface area (Å²) in [6.45, 7) is 4.68. The Kier molecular flexibility index (Phi) is 7.85. The number of halogens is 1. The first-order chi connectivity index (χ1) is 9.16. The molecule has 0 saturated carbocycles. The molecule has 3 atom stereocenters. The first-order valence-electron chi connectivity index (χ1n) is 7.82. The second-order valence-corrected chi connectivity index (χ2v) is 6.13. The molecular formula is C15H29ClN2O2. The topological polar surface area (TPSA) is 55.6 Å². The van der Waals surface area contributed by atoms with Crippen molar-refractivity contribution in [2.45, 2.75) is 64.0 Å². The van der Waals surface area contributed by atoms with Crippen LogP contribution < -0.4 is 5.73 Å². The van der Waals surface area contributed by atoms with Crippen molar-refractivity contribution in [3.05, 3.63) is 0 Å². The molecule has 118 valence electrons. The van der Waals surface area contributed by atoms with Crippen LogP contribution in [0.4, 0.5) is 0 Å². The van der Waals surface area contributed by atoms with E-state index < -0.39 is 0 Å². The highest BCUT2D eigenvalue weighted by Crippen LogP contribution is 2.21. The van der Waals surface area contributed by atoms with E-state index in [9.17, 15) is 4.79 Å². The van der Waals surface area contributed by atoms with Gasteiger partial charge in [0.25, 0.3) is 0 Å². The summed E-state index contributed by atoms with van der Waals surface area (Å²) >= 11 is 0. The van der Waals surface area contributed by atoms with Gasteiger partial charge in [-0.2, -0.15) is 0 Å². The van der Waals surface area contributed by atoms with E-state index in [4.69, 9.17) is 10.5 Å². The number of nitrogens with two attached hydrogens (primary N) is 1. The third-order valence-corrected chi connectivity index (χ3v) is 4.51. The molecule has 0 radical (unpaired) electrons. The summed E-state index contributed by atoms with van der Waals surface area (Å²) in [5.41, 5.74) is 5.96. The summed E-state index contributed by atoms with van der Waals surface area (Å²) in [6.07, 6.45) is 7.63. The fourth-order valence-electron chi connectivity index (χ4n) is 3.14. The normalized spacial score (nSPS) is 28.6. The molecule has 0 aromatic rings. The van der Waals surface area contributed by atoms with Gasteiger partial charge in [0.05, 0.1) is 6.10 Å². The van der Waals surface area contributed by atoms with Gasteiger partial charge in [-0.05, 0) is 51.4 Å². The molecule has 3 unspecified atom stereocenters. The van der Waals surface area contributed by atoms with Gasteiger partial charge in [-0.1, -0.05) is 0 Å². The highest BCUT2D eigenvalue weighted by atomic mass is 35.5. The van der Waals surface area contributed by atoms with Crippen LogP contribution in [0.25, 0.3) is 0 Å². The number of rotatable bonds is 4. The minimum atomic E-state index is 0. The largest absolute Gasteiger partial charge is 0.378 e. The monoisotopic (exact) mass is 304 g/mol. The van der Waals surface area contributed by atoms with Crippen molar-refractivity contribution in [3.63, 3.8) is 0 Å². The van der Waals surface area contributed by atoms with Gasteiger partial charge in [-0.25, -0.2) is 0 Å². The maximum atomic E-state index is 12.2. The van der Waals surface area contributed by atoms with Crippen LogP contribution in [-0.2, 0) is 9.53 Å². The van der Waals surface area contributed by atoms with E-state index in [0.29, 0.717) is 24.3 Å². The molecular weight excluding hydrogens is 276 g/mol. The van der Waals surface area contributed by atoms with Crippen molar-refractivity contribution in [1.29, 1.82) is 0 Å². The molecule has 0 spiro atoms. The van der Waals surface area contributed by atoms with E-state index >= 15 is 0 Å². The number of ether oxygens (including phenoxy) is 1. The second kappa shape index (κ2) is 8.85. The van der Waals surface area contributed by atoms with Crippen molar-refractivity contribution in [1.82, 2.24) is 4.90 Å². The molecule has 2 heterocycles. The number of piperidine rings is 1. The molecule has 0 aromatic heterocycles. The number of carbonyl (C=O) groups excluding carboxylic acids is 1. The average Bonchev–Trinajstić information content (AvgIpc) is 2.46. The van der Waals surface area contributed by atoms with Crippen LogP contribution in [0.5, 0.6) is 0 Å². The van der Waals surface area contributed by atoms with Crippen molar-refractivity contribution >= 4 is 18.3 Å². The Morgan fingerprint density at radius 3 is 2.80 bits per heavy atom. The van der Waals surface area contributed by atoms with Gasteiger partial charge >= 0.3 is 0 Å². The maximum Gasteiger partial charge on any atom is 0.222 e. The van der Waals surface area contributed by atoms with Gasteiger partial charge in [0.1, 0.15) is 0 Å². The first-order valence-corrected chi connectivity index (χ1v) is 7.82. The number of likely N-dealkylation sites (tertiary alicyclic amines) is 1. The molecule has 2 N–H and O–H groups in total. The lowest BCUT2D eigenvalue weighted by atomic mass is 9.92. The molecule has 2 rings (SSSR count).